The second-order valence-electron chi connectivity index (χ2n) is 2.99. The van der Waals surface area contributed by atoms with E-state index in [0.717, 1.165) is 5.56 Å². The van der Waals surface area contributed by atoms with E-state index in [9.17, 15) is 9.59 Å². The summed E-state index contributed by atoms with van der Waals surface area (Å²) in [5.74, 6) is -0.388. The Kier molecular flexibility index (Phi) is 2.59. The average Bonchev–Trinajstić information content (AvgIpc) is 2.84. The summed E-state index contributed by atoms with van der Waals surface area (Å²) in [4.78, 5) is 22.7. The second-order valence-corrected chi connectivity index (χ2v) is 3.91. The van der Waals surface area contributed by atoms with Gasteiger partial charge in [0.2, 0.25) is 0 Å². The van der Waals surface area contributed by atoms with Crippen molar-refractivity contribution in [3.8, 4) is 0 Å². The van der Waals surface area contributed by atoms with Crippen LogP contribution in [0.4, 0.5) is 4.79 Å². The monoisotopic (exact) mass is 227 g/mol. The zero-order valence-electron chi connectivity index (χ0n) is 7.98. The molecule has 1 aromatic heterocycles. The van der Waals surface area contributed by atoms with Gasteiger partial charge in [-0.05, 0) is 11.4 Å². The van der Waals surface area contributed by atoms with E-state index >= 15 is 0 Å². The van der Waals surface area contributed by atoms with Crippen molar-refractivity contribution < 1.29 is 19.1 Å². The zero-order valence-corrected chi connectivity index (χ0v) is 8.80. The van der Waals surface area contributed by atoms with Crippen LogP contribution in [0.25, 0.3) is 0 Å². The topological polar surface area (TPSA) is 64.6 Å². The molecule has 1 atom stereocenters. The maximum Gasteiger partial charge on any atom is 0.407 e. The van der Waals surface area contributed by atoms with E-state index in [1.165, 1.54) is 18.4 Å². The molecule has 0 aromatic carbocycles. The number of alkyl carbamates (subject to hydrolysis) is 1. The van der Waals surface area contributed by atoms with E-state index in [4.69, 9.17) is 4.74 Å². The molecule has 0 spiro atoms. The number of carbonyl (C=O) groups excluding carboxylic acids is 2. The van der Waals surface area contributed by atoms with Crippen LogP contribution in [-0.4, -0.2) is 25.8 Å². The Bertz CT molecular complexity index is 401. The van der Waals surface area contributed by atoms with Gasteiger partial charge in [0, 0.05) is 5.56 Å². The van der Waals surface area contributed by atoms with E-state index in [1.54, 1.807) is 11.4 Å². The third-order valence-electron chi connectivity index (χ3n) is 2.12. The van der Waals surface area contributed by atoms with Crippen LogP contribution in [0, 0.1) is 0 Å². The SMILES string of the molecule is COC(=O)c1sccc1C1COC(=O)N1. The molecule has 0 bridgehead atoms. The summed E-state index contributed by atoms with van der Waals surface area (Å²) in [5.41, 5.74) is 0.748. The number of amides is 1. The molecule has 0 aliphatic carbocycles. The third kappa shape index (κ3) is 1.80. The quantitative estimate of drug-likeness (QED) is 0.774. The van der Waals surface area contributed by atoms with Crippen LogP contribution in [0.5, 0.6) is 0 Å². The van der Waals surface area contributed by atoms with E-state index < -0.39 is 6.09 Å². The molecule has 1 N–H and O–H groups in total. The summed E-state index contributed by atoms with van der Waals surface area (Å²) in [7, 11) is 1.33. The minimum atomic E-state index is -0.456. The first-order chi connectivity index (χ1) is 7.22. The molecule has 15 heavy (non-hydrogen) atoms. The Morgan fingerprint density at radius 1 is 1.73 bits per heavy atom. The van der Waals surface area contributed by atoms with Crippen molar-refractivity contribution in [1.29, 1.82) is 0 Å². The number of cyclic esters (lactones) is 1. The molecule has 1 unspecified atom stereocenters. The van der Waals surface area contributed by atoms with E-state index in [0.29, 0.717) is 4.88 Å². The van der Waals surface area contributed by atoms with Crippen LogP contribution in [0.15, 0.2) is 11.4 Å². The van der Waals surface area contributed by atoms with Crippen LogP contribution >= 0.6 is 11.3 Å². The first-order valence-electron chi connectivity index (χ1n) is 4.31. The van der Waals surface area contributed by atoms with E-state index in [2.05, 4.69) is 10.1 Å². The lowest BCUT2D eigenvalue weighted by Gasteiger charge is -2.06. The fourth-order valence-electron chi connectivity index (χ4n) is 1.40. The largest absolute Gasteiger partial charge is 0.465 e. The molecule has 1 aliphatic heterocycles. The minimum Gasteiger partial charge on any atom is -0.465 e. The summed E-state index contributed by atoms with van der Waals surface area (Å²) in [6.07, 6.45) is -0.456. The number of methoxy groups -OCH3 is 1. The molecule has 6 heteroatoms. The highest BCUT2D eigenvalue weighted by molar-refractivity contribution is 7.12. The van der Waals surface area contributed by atoms with Gasteiger partial charge in [-0.25, -0.2) is 9.59 Å². The average molecular weight is 227 g/mol. The minimum absolute atomic E-state index is 0.250. The van der Waals surface area contributed by atoms with Gasteiger partial charge < -0.3 is 14.8 Å². The number of hydrogen-bond acceptors (Lipinski definition) is 5. The highest BCUT2D eigenvalue weighted by Gasteiger charge is 2.28. The fourth-order valence-corrected chi connectivity index (χ4v) is 2.28. The lowest BCUT2D eigenvalue weighted by Crippen LogP contribution is -2.19. The summed E-state index contributed by atoms with van der Waals surface area (Å²) < 4.78 is 9.40. The maximum atomic E-state index is 11.4. The Hall–Kier alpha value is -1.56. The number of nitrogens with one attached hydrogen (secondary N) is 1. The summed E-state index contributed by atoms with van der Waals surface area (Å²) in [5, 5.41) is 4.40. The number of ether oxygens (including phenoxy) is 2. The number of thiophene rings is 1. The standard InChI is InChI=1S/C9H9NO4S/c1-13-8(11)7-5(2-3-15-7)6-4-14-9(12)10-6/h2-3,6H,4H2,1H3,(H,10,12). The summed E-state index contributed by atoms with van der Waals surface area (Å²) >= 11 is 1.29. The van der Waals surface area contributed by atoms with Crippen LogP contribution in [0.3, 0.4) is 0 Å². The number of rotatable bonds is 2. The van der Waals surface area contributed by atoms with Gasteiger partial charge in [0.1, 0.15) is 11.5 Å². The molecule has 2 heterocycles. The molecule has 5 nitrogen and oxygen atoms in total. The van der Waals surface area contributed by atoms with Gasteiger partial charge >= 0.3 is 12.1 Å². The molecule has 2 rings (SSSR count). The summed E-state index contributed by atoms with van der Waals surface area (Å²) in [6, 6.07) is 1.54. The molecule has 1 saturated heterocycles. The first kappa shape index (κ1) is 9.97. The van der Waals surface area contributed by atoms with E-state index in [1.807, 2.05) is 0 Å². The predicted octanol–water partition coefficient (Wildman–Crippen LogP) is 1.32. The van der Waals surface area contributed by atoms with Gasteiger partial charge in [-0.2, -0.15) is 0 Å². The Morgan fingerprint density at radius 2 is 2.53 bits per heavy atom. The van der Waals surface area contributed by atoms with Crippen molar-refractivity contribution >= 4 is 23.4 Å². The summed E-state index contributed by atoms with van der Waals surface area (Å²) in [6.45, 7) is 0.250. The van der Waals surface area contributed by atoms with Crippen molar-refractivity contribution in [1.82, 2.24) is 5.32 Å². The van der Waals surface area contributed by atoms with Gasteiger partial charge in [-0.15, -0.1) is 11.3 Å². The molecule has 1 aromatic rings. The van der Waals surface area contributed by atoms with Gasteiger partial charge in [-0.1, -0.05) is 0 Å². The zero-order chi connectivity index (χ0) is 10.8. The number of carbonyl (C=O) groups is 2. The maximum absolute atomic E-state index is 11.4. The highest BCUT2D eigenvalue weighted by Crippen LogP contribution is 2.26. The van der Waals surface area contributed by atoms with Crippen LogP contribution < -0.4 is 5.32 Å². The first-order valence-corrected chi connectivity index (χ1v) is 5.19. The van der Waals surface area contributed by atoms with Crippen molar-refractivity contribution in [3.63, 3.8) is 0 Å². The van der Waals surface area contributed by atoms with Gasteiger partial charge in [0.05, 0.1) is 13.2 Å². The lowest BCUT2D eigenvalue weighted by atomic mass is 10.1. The third-order valence-corrected chi connectivity index (χ3v) is 3.03. The van der Waals surface area contributed by atoms with Gasteiger partial charge in [0.15, 0.2) is 0 Å². The Morgan fingerprint density at radius 3 is 3.13 bits per heavy atom. The van der Waals surface area contributed by atoms with Crippen molar-refractivity contribution in [2.75, 3.05) is 13.7 Å². The van der Waals surface area contributed by atoms with Crippen LogP contribution in [0.2, 0.25) is 0 Å². The molecule has 0 radical (unpaired) electrons. The molecule has 0 saturated carbocycles. The molecule has 1 aliphatic rings. The molecule has 1 amide bonds. The molecule has 1 fully saturated rings. The number of esters is 1. The highest BCUT2D eigenvalue weighted by atomic mass is 32.1. The van der Waals surface area contributed by atoms with Crippen molar-refractivity contribution in [3.05, 3.63) is 21.9 Å². The Balaban J connectivity index is 2.25. The van der Waals surface area contributed by atoms with Crippen LogP contribution in [0.1, 0.15) is 21.3 Å². The fraction of sp³-hybridized carbons (Fsp3) is 0.333. The Labute approximate surface area is 90.0 Å². The van der Waals surface area contributed by atoms with E-state index in [-0.39, 0.29) is 18.6 Å². The smallest absolute Gasteiger partial charge is 0.407 e. The second kappa shape index (κ2) is 3.90. The van der Waals surface area contributed by atoms with Crippen molar-refractivity contribution in [2.45, 2.75) is 6.04 Å². The molecular weight excluding hydrogens is 218 g/mol. The van der Waals surface area contributed by atoms with Gasteiger partial charge in [0.25, 0.3) is 0 Å². The van der Waals surface area contributed by atoms with Gasteiger partial charge in [-0.3, -0.25) is 0 Å². The lowest BCUT2D eigenvalue weighted by molar-refractivity contribution is 0.0604. The van der Waals surface area contributed by atoms with Crippen LogP contribution in [-0.2, 0) is 9.47 Å². The van der Waals surface area contributed by atoms with Crippen molar-refractivity contribution in [2.24, 2.45) is 0 Å². The normalized spacial score (nSPS) is 19.5. The molecular formula is C9H9NO4S. The molecule has 80 valence electrons. The number of hydrogen-bond donors (Lipinski definition) is 1. The predicted molar refractivity (Wildman–Crippen MR) is 52.9 cm³/mol.